The zero-order chi connectivity index (χ0) is 21.7. The summed E-state index contributed by atoms with van der Waals surface area (Å²) in [6.45, 7) is 7.08. The largest absolute Gasteiger partial charge is 0.495 e. The van der Waals surface area contributed by atoms with Gasteiger partial charge in [-0.1, -0.05) is 12.1 Å². The Balaban J connectivity index is 1.57. The van der Waals surface area contributed by atoms with Crippen LogP contribution in [0, 0.1) is 25.7 Å². The monoisotopic (exact) mass is 412 g/mol. The second kappa shape index (κ2) is 9.83. The number of carbonyl (C=O) groups is 2. The number of ether oxygens (including phenoxy) is 2. The number of anilines is 1. The van der Waals surface area contributed by atoms with Crippen LogP contribution in [-0.2, 0) is 16.1 Å². The molecule has 0 aliphatic heterocycles. The lowest BCUT2D eigenvalue weighted by Crippen LogP contribution is -2.28. The molecule has 1 heterocycles. The highest BCUT2D eigenvalue weighted by molar-refractivity contribution is 5.94. The number of nitrogens with one attached hydrogen (secondary N) is 1. The summed E-state index contributed by atoms with van der Waals surface area (Å²) in [5.74, 6) is 1.01. The van der Waals surface area contributed by atoms with Gasteiger partial charge in [-0.05, 0) is 70.6 Å². The number of para-hydroxylation sites is 2. The Labute approximate surface area is 178 Å². The maximum Gasteiger partial charge on any atom is 0.339 e. The van der Waals surface area contributed by atoms with Crippen molar-refractivity contribution in [3.8, 4) is 5.75 Å². The van der Waals surface area contributed by atoms with E-state index in [1.165, 1.54) is 0 Å². The van der Waals surface area contributed by atoms with Crippen LogP contribution in [0.25, 0.3) is 0 Å². The van der Waals surface area contributed by atoms with E-state index >= 15 is 0 Å². The molecule has 1 N–H and O–H groups in total. The number of carbonyl (C=O) groups excluding carboxylic acids is 2. The van der Waals surface area contributed by atoms with Crippen molar-refractivity contribution in [3.63, 3.8) is 0 Å². The average molecular weight is 413 g/mol. The molecule has 0 radical (unpaired) electrons. The summed E-state index contributed by atoms with van der Waals surface area (Å²) in [6, 6.07) is 9.40. The quantitative estimate of drug-likeness (QED) is 0.667. The first-order valence-electron chi connectivity index (χ1n) is 10.7. The minimum Gasteiger partial charge on any atom is -0.495 e. The van der Waals surface area contributed by atoms with Gasteiger partial charge in [0.15, 0.2) is 0 Å². The van der Waals surface area contributed by atoms with Crippen LogP contribution in [0.3, 0.4) is 0 Å². The van der Waals surface area contributed by atoms with Crippen LogP contribution in [0.2, 0.25) is 0 Å². The Bertz CT molecular complexity index is 895. The van der Waals surface area contributed by atoms with E-state index in [0.717, 1.165) is 49.3 Å². The van der Waals surface area contributed by atoms with Crippen molar-refractivity contribution in [1.29, 1.82) is 0 Å². The minimum absolute atomic E-state index is 0.0214. The highest BCUT2D eigenvalue weighted by Gasteiger charge is 2.28. The maximum absolute atomic E-state index is 12.7. The number of rotatable bonds is 7. The standard InChI is InChI=1S/C24H32N2O4/c1-5-30-24(28)20-14-16(2)26(17(20)3)15-18-10-12-19(13-11-18)23(27)25-21-8-6-7-9-22(21)29-4/h6-9,14,18-19H,5,10-13,15H2,1-4H3,(H,25,27). The molecule has 1 aliphatic rings. The van der Waals surface area contributed by atoms with Gasteiger partial charge < -0.3 is 19.4 Å². The summed E-state index contributed by atoms with van der Waals surface area (Å²) in [6.07, 6.45) is 3.73. The number of benzene rings is 1. The van der Waals surface area contributed by atoms with Gasteiger partial charge in [-0.3, -0.25) is 4.79 Å². The number of amides is 1. The molecule has 162 valence electrons. The Hall–Kier alpha value is -2.76. The zero-order valence-corrected chi connectivity index (χ0v) is 18.4. The van der Waals surface area contributed by atoms with E-state index in [0.29, 0.717) is 23.8 Å². The fourth-order valence-corrected chi connectivity index (χ4v) is 4.35. The highest BCUT2D eigenvalue weighted by atomic mass is 16.5. The van der Waals surface area contributed by atoms with E-state index in [4.69, 9.17) is 9.47 Å². The van der Waals surface area contributed by atoms with E-state index in [-0.39, 0.29) is 17.8 Å². The second-order valence-corrected chi connectivity index (χ2v) is 8.02. The fourth-order valence-electron chi connectivity index (χ4n) is 4.35. The molecule has 0 bridgehead atoms. The van der Waals surface area contributed by atoms with Crippen LogP contribution in [0.5, 0.6) is 5.75 Å². The smallest absolute Gasteiger partial charge is 0.339 e. The average Bonchev–Trinajstić information content (AvgIpc) is 3.03. The molecule has 1 amide bonds. The highest BCUT2D eigenvalue weighted by Crippen LogP contribution is 2.33. The molecule has 0 saturated heterocycles. The van der Waals surface area contributed by atoms with E-state index in [1.807, 2.05) is 51.1 Å². The number of hydrogen-bond donors (Lipinski definition) is 1. The number of aromatic nitrogens is 1. The van der Waals surface area contributed by atoms with Crippen molar-refractivity contribution in [1.82, 2.24) is 4.57 Å². The van der Waals surface area contributed by atoms with Crippen molar-refractivity contribution in [2.24, 2.45) is 11.8 Å². The summed E-state index contributed by atoms with van der Waals surface area (Å²) in [5, 5.41) is 3.02. The molecule has 3 rings (SSSR count). The molecule has 2 aromatic rings. The summed E-state index contributed by atoms with van der Waals surface area (Å²) >= 11 is 0. The van der Waals surface area contributed by atoms with E-state index in [1.54, 1.807) is 7.11 Å². The fraction of sp³-hybridized carbons (Fsp3) is 0.500. The first-order chi connectivity index (χ1) is 14.4. The summed E-state index contributed by atoms with van der Waals surface area (Å²) < 4.78 is 12.7. The molecule has 0 atom stereocenters. The molecule has 1 aromatic heterocycles. The van der Waals surface area contributed by atoms with Gasteiger partial charge in [0.2, 0.25) is 5.91 Å². The summed E-state index contributed by atoms with van der Waals surface area (Å²) in [4.78, 5) is 24.9. The van der Waals surface area contributed by atoms with Crippen LogP contribution >= 0.6 is 0 Å². The van der Waals surface area contributed by atoms with Gasteiger partial charge >= 0.3 is 5.97 Å². The normalized spacial score (nSPS) is 18.7. The summed E-state index contributed by atoms with van der Waals surface area (Å²) in [7, 11) is 1.61. The van der Waals surface area contributed by atoms with Gasteiger partial charge in [0.1, 0.15) is 5.75 Å². The number of nitrogens with zero attached hydrogens (tertiary/aromatic N) is 1. The molecule has 1 aliphatic carbocycles. The van der Waals surface area contributed by atoms with Crippen LogP contribution in [0.1, 0.15) is 54.4 Å². The first kappa shape index (κ1) is 21.9. The minimum atomic E-state index is -0.256. The molecular weight excluding hydrogens is 380 g/mol. The number of aryl methyl sites for hydroxylation is 1. The van der Waals surface area contributed by atoms with Gasteiger partial charge in [-0.2, -0.15) is 0 Å². The van der Waals surface area contributed by atoms with Crippen LogP contribution in [0.4, 0.5) is 5.69 Å². The third kappa shape index (κ3) is 4.86. The Morgan fingerprint density at radius 1 is 1.13 bits per heavy atom. The lowest BCUT2D eigenvalue weighted by molar-refractivity contribution is -0.121. The van der Waals surface area contributed by atoms with Crippen molar-refractivity contribution in [2.45, 2.75) is 53.0 Å². The van der Waals surface area contributed by atoms with Crippen LogP contribution < -0.4 is 10.1 Å². The Kier molecular flexibility index (Phi) is 7.19. The second-order valence-electron chi connectivity index (χ2n) is 8.02. The van der Waals surface area contributed by atoms with Gasteiger partial charge in [-0.15, -0.1) is 0 Å². The van der Waals surface area contributed by atoms with Gasteiger partial charge in [0, 0.05) is 23.9 Å². The molecule has 0 spiro atoms. The topological polar surface area (TPSA) is 69.6 Å². The SMILES string of the molecule is CCOC(=O)c1cc(C)n(CC2CCC(C(=O)Nc3ccccc3OC)CC2)c1C. The molecular formula is C24H32N2O4. The lowest BCUT2D eigenvalue weighted by atomic mass is 9.81. The third-order valence-corrected chi connectivity index (χ3v) is 6.09. The van der Waals surface area contributed by atoms with Crippen molar-refractivity contribution in [3.05, 3.63) is 47.3 Å². The molecule has 1 saturated carbocycles. The molecule has 1 fully saturated rings. The number of methoxy groups -OCH3 is 1. The predicted molar refractivity (Wildman–Crippen MR) is 117 cm³/mol. The molecule has 6 heteroatoms. The summed E-state index contributed by atoms with van der Waals surface area (Å²) in [5.41, 5.74) is 3.41. The number of hydrogen-bond acceptors (Lipinski definition) is 4. The third-order valence-electron chi connectivity index (χ3n) is 6.09. The van der Waals surface area contributed by atoms with Gasteiger partial charge in [0.25, 0.3) is 0 Å². The molecule has 1 aromatic carbocycles. The van der Waals surface area contributed by atoms with E-state index < -0.39 is 0 Å². The van der Waals surface area contributed by atoms with Crippen LogP contribution in [-0.4, -0.2) is 30.2 Å². The van der Waals surface area contributed by atoms with Crippen LogP contribution in [0.15, 0.2) is 30.3 Å². The molecule has 6 nitrogen and oxygen atoms in total. The van der Waals surface area contributed by atoms with Crippen molar-refractivity contribution < 1.29 is 19.1 Å². The first-order valence-corrected chi connectivity index (χ1v) is 10.7. The zero-order valence-electron chi connectivity index (χ0n) is 18.4. The Morgan fingerprint density at radius 2 is 1.83 bits per heavy atom. The predicted octanol–water partition coefficient (Wildman–Crippen LogP) is 4.74. The lowest BCUT2D eigenvalue weighted by Gasteiger charge is -2.29. The van der Waals surface area contributed by atoms with E-state index in [9.17, 15) is 9.59 Å². The van der Waals surface area contributed by atoms with Crippen molar-refractivity contribution in [2.75, 3.05) is 19.0 Å². The maximum atomic E-state index is 12.7. The van der Waals surface area contributed by atoms with Gasteiger partial charge in [0.05, 0.1) is 25.0 Å². The van der Waals surface area contributed by atoms with Gasteiger partial charge in [-0.25, -0.2) is 4.79 Å². The Morgan fingerprint density at radius 3 is 2.50 bits per heavy atom. The molecule has 30 heavy (non-hydrogen) atoms. The number of esters is 1. The van der Waals surface area contributed by atoms with E-state index in [2.05, 4.69) is 9.88 Å². The van der Waals surface area contributed by atoms with Crippen molar-refractivity contribution >= 4 is 17.6 Å². The molecule has 0 unspecified atom stereocenters.